The number of nitrogens with one attached hydrogen (secondary N) is 2. The molecular formula is C15H12N4O2. The summed E-state index contributed by atoms with van der Waals surface area (Å²) in [4.78, 5) is 13.8. The van der Waals surface area contributed by atoms with Crippen LogP contribution in [-0.2, 0) is 0 Å². The number of oxazole rings is 1. The standard InChI is InChI=1S/C15H12N4O2/c1-8-3-2-4-11(9(8)7-16)18-12-6-13-14(5-10(12)17)21-15(20)19-13/h2-6,18H,17H2,1H3,(H,19,20). The predicted molar refractivity (Wildman–Crippen MR) is 80.4 cm³/mol. The summed E-state index contributed by atoms with van der Waals surface area (Å²) in [6, 6.07) is 10.9. The van der Waals surface area contributed by atoms with E-state index in [9.17, 15) is 10.1 Å². The monoisotopic (exact) mass is 280 g/mol. The number of H-pyrrole nitrogens is 1. The summed E-state index contributed by atoms with van der Waals surface area (Å²) >= 11 is 0. The number of aromatic amines is 1. The molecule has 6 heteroatoms. The Bertz CT molecular complexity index is 931. The lowest BCUT2D eigenvalue weighted by atomic mass is 10.1. The third kappa shape index (κ3) is 2.21. The highest BCUT2D eigenvalue weighted by Gasteiger charge is 2.10. The molecule has 0 aliphatic heterocycles. The van der Waals surface area contributed by atoms with Gasteiger partial charge in [0.1, 0.15) is 6.07 Å². The van der Waals surface area contributed by atoms with E-state index in [1.807, 2.05) is 19.1 Å². The number of benzene rings is 2. The second kappa shape index (κ2) is 4.72. The summed E-state index contributed by atoms with van der Waals surface area (Å²) in [5, 5.41) is 12.4. The van der Waals surface area contributed by atoms with Gasteiger partial charge < -0.3 is 15.5 Å². The van der Waals surface area contributed by atoms with Crippen molar-refractivity contribution < 1.29 is 4.42 Å². The lowest BCUT2D eigenvalue weighted by molar-refractivity contribution is 0.555. The van der Waals surface area contributed by atoms with Crippen molar-refractivity contribution in [2.45, 2.75) is 6.92 Å². The van der Waals surface area contributed by atoms with Gasteiger partial charge in [-0.1, -0.05) is 12.1 Å². The molecule has 0 bridgehead atoms. The van der Waals surface area contributed by atoms with E-state index >= 15 is 0 Å². The number of aryl methyl sites for hydroxylation is 1. The number of aromatic nitrogens is 1. The van der Waals surface area contributed by atoms with Crippen LogP contribution in [0.1, 0.15) is 11.1 Å². The van der Waals surface area contributed by atoms with Crippen molar-refractivity contribution >= 4 is 28.2 Å². The summed E-state index contributed by atoms with van der Waals surface area (Å²) in [5.74, 6) is -0.533. The van der Waals surface area contributed by atoms with Gasteiger partial charge in [-0.15, -0.1) is 0 Å². The number of fused-ring (bicyclic) bond motifs is 1. The summed E-state index contributed by atoms with van der Waals surface area (Å²) in [6.07, 6.45) is 0. The zero-order valence-electron chi connectivity index (χ0n) is 11.2. The van der Waals surface area contributed by atoms with Gasteiger partial charge in [-0.25, -0.2) is 4.79 Å². The summed E-state index contributed by atoms with van der Waals surface area (Å²) in [5.41, 5.74) is 10.0. The Hall–Kier alpha value is -3.20. The minimum absolute atomic E-state index is 0.396. The Morgan fingerprint density at radius 1 is 1.33 bits per heavy atom. The van der Waals surface area contributed by atoms with Gasteiger partial charge in [0.2, 0.25) is 0 Å². The Labute approximate surface area is 119 Å². The van der Waals surface area contributed by atoms with Gasteiger partial charge in [0.15, 0.2) is 5.58 Å². The zero-order valence-corrected chi connectivity index (χ0v) is 11.2. The second-order valence-electron chi connectivity index (χ2n) is 4.68. The van der Waals surface area contributed by atoms with Gasteiger partial charge in [-0.3, -0.25) is 4.98 Å². The van der Waals surface area contributed by atoms with Crippen LogP contribution in [0.15, 0.2) is 39.5 Å². The Balaban J connectivity index is 2.10. The van der Waals surface area contributed by atoms with E-state index in [0.717, 1.165) is 5.56 Å². The fourth-order valence-corrected chi connectivity index (χ4v) is 2.19. The molecule has 3 rings (SSSR count). The van der Waals surface area contributed by atoms with Crippen LogP contribution in [0.25, 0.3) is 11.1 Å². The van der Waals surface area contributed by atoms with Gasteiger partial charge >= 0.3 is 5.76 Å². The molecule has 1 heterocycles. The number of nitrogen functional groups attached to an aromatic ring is 1. The highest BCUT2D eigenvalue weighted by atomic mass is 16.4. The Morgan fingerprint density at radius 2 is 2.14 bits per heavy atom. The first-order chi connectivity index (χ1) is 10.1. The van der Waals surface area contributed by atoms with Gasteiger partial charge in [0.05, 0.1) is 28.1 Å². The Kier molecular flexibility index (Phi) is 2.88. The van der Waals surface area contributed by atoms with E-state index in [2.05, 4.69) is 16.4 Å². The minimum atomic E-state index is -0.533. The highest BCUT2D eigenvalue weighted by Crippen LogP contribution is 2.29. The first kappa shape index (κ1) is 12.8. The van der Waals surface area contributed by atoms with Crippen molar-refractivity contribution in [2.24, 2.45) is 0 Å². The van der Waals surface area contributed by atoms with E-state index in [1.165, 1.54) is 0 Å². The molecule has 0 saturated heterocycles. The van der Waals surface area contributed by atoms with Gasteiger partial charge in [-0.05, 0) is 24.6 Å². The molecule has 21 heavy (non-hydrogen) atoms. The molecule has 3 aromatic rings. The molecule has 0 aliphatic carbocycles. The molecule has 0 atom stereocenters. The van der Waals surface area contributed by atoms with Crippen LogP contribution in [0.2, 0.25) is 0 Å². The van der Waals surface area contributed by atoms with Crippen LogP contribution in [-0.4, -0.2) is 4.98 Å². The SMILES string of the molecule is Cc1cccc(Nc2cc3[nH]c(=O)oc3cc2N)c1C#N. The third-order valence-electron chi connectivity index (χ3n) is 3.25. The van der Waals surface area contributed by atoms with E-state index in [4.69, 9.17) is 10.2 Å². The highest BCUT2D eigenvalue weighted by molar-refractivity contribution is 5.87. The normalized spacial score (nSPS) is 10.5. The maximum Gasteiger partial charge on any atom is 0.417 e. The maximum absolute atomic E-state index is 11.2. The number of nitrogens with zero attached hydrogens (tertiary/aromatic N) is 1. The van der Waals surface area contributed by atoms with Crippen molar-refractivity contribution in [3.05, 3.63) is 52.0 Å². The fourth-order valence-electron chi connectivity index (χ4n) is 2.19. The van der Waals surface area contributed by atoms with E-state index in [0.29, 0.717) is 33.7 Å². The van der Waals surface area contributed by atoms with Gasteiger partial charge in [0.25, 0.3) is 0 Å². The molecule has 0 fully saturated rings. The first-order valence-electron chi connectivity index (χ1n) is 6.27. The molecular weight excluding hydrogens is 268 g/mol. The zero-order chi connectivity index (χ0) is 15.0. The summed E-state index contributed by atoms with van der Waals surface area (Å²) < 4.78 is 4.95. The molecule has 0 radical (unpaired) electrons. The quantitative estimate of drug-likeness (QED) is 0.625. The van der Waals surface area contributed by atoms with E-state index in [-0.39, 0.29) is 0 Å². The van der Waals surface area contributed by atoms with Crippen molar-refractivity contribution in [2.75, 3.05) is 11.1 Å². The van der Waals surface area contributed by atoms with E-state index in [1.54, 1.807) is 18.2 Å². The average molecular weight is 280 g/mol. The molecule has 0 aliphatic rings. The molecule has 0 amide bonds. The lowest BCUT2D eigenvalue weighted by Gasteiger charge is -2.11. The molecule has 0 unspecified atom stereocenters. The average Bonchev–Trinajstić information content (AvgIpc) is 2.78. The third-order valence-corrected chi connectivity index (χ3v) is 3.25. The van der Waals surface area contributed by atoms with Crippen LogP contribution < -0.4 is 16.8 Å². The second-order valence-corrected chi connectivity index (χ2v) is 4.68. The van der Waals surface area contributed by atoms with Crippen LogP contribution in [0.3, 0.4) is 0 Å². The minimum Gasteiger partial charge on any atom is -0.408 e. The topological polar surface area (TPSA) is 108 Å². The van der Waals surface area contributed by atoms with Crippen molar-refractivity contribution in [3.8, 4) is 6.07 Å². The lowest BCUT2D eigenvalue weighted by Crippen LogP contribution is -1.99. The maximum atomic E-state index is 11.2. The number of nitriles is 1. The van der Waals surface area contributed by atoms with Crippen LogP contribution in [0, 0.1) is 18.3 Å². The first-order valence-corrected chi connectivity index (χ1v) is 6.27. The van der Waals surface area contributed by atoms with Crippen molar-refractivity contribution in [1.82, 2.24) is 4.98 Å². The fraction of sp³-hybridized carbons (Fsp3) is 0.0667. The Morgan fingerprint density at radius 3 is 2.90 bits per heavy atom. The molecule has 4 N–H and O–H groups in total. The van der Waals surface area contributed by atoms with E-state index < -0.39 is 5.76 Å². The molecule has 0 saturated carbocycles. The largest absolute Gasteiger partial charge is 0.417 e. The molecule has 6 nitrogen and oxygen atoms in total. The predicted octanol–water partition coefficient (Wildman–Crippen LogP) is 2.63. The van der Waals surface area contributed by atoms with Crippen molar-refractivity contribution in [1.29, 1.82) is 5.26 Å². The summed E-state index contributed by atoms with van der Waals surface area (Å²) in [6.45, 7) is 1.86. The molecule has 2 aromatic carbocycles. The number of anilines is 3. The van der Waals surface area contributed by atoms with Crippen LogP contribution in [0.4, 0.5) is 17.1 Å². The molecule has 0 spiro atoms. The van der Waals surface area contributed by atoms with Gasteiger partial charge in [0, 0.05) is 6.07 Å². The number of nitrogens with two attached hydrogens (primary N) is 1. The van der Waals surface area contributed by atoms with Crippen LogP contribution in [0.5, 0.6) is 0 Å². The number of hydrogen-bond donors (Lipinski definition) is 3. The molecule has 1 aromatic heterocycles. The summed E-state index contributed by atoms with van der Waals surface area (Å²) in [7, 11) is 0. The van der Waals surface area contributed by atoms with Gasteiger partial charge in [-0.2, -0.15) is 5.26 Å². The smallest absolute Gasteiger partial charge is 0.408 e. The van der Waals surface area contributed by atoms with Crippen LogP contribution >= 0.6 is 0 Å². The van der Waals surface area contributed by atoms with Crippen molar-refractivity contribution in [3.63, 3.8) is 0 Å². The number of hydrogen-bond acceptors (Lipinski definition) is 5. The number of rotatable bonds is 2. The molecule has 104 valence electrons.